The molecule has 0 bridgehead atoms. The first kappa shape index (κ1) is 12.5. The lowest BCUT2D eigenvalue weighted by atomic mass is 9.66. The number of carboxylic acids is 1. The highest BCUT2D eigenvalue weighted by Gasteiger charge is 2.42. The molecule has 0 heterocycles. The molecule has 2 unspecified atom stereocenters. The van der Waals surface area contributed by atoms with Crippen molar-refractivity contribution in [3.63, 3.8) is 0 Å². The minimum Gasteiger partial charge on any atom is -0.481 e. The van der Waals surface area contributed by atoms with Crippen molar-refractivity contribution in [2.75, 3.05) is 0 Å². The van der Waals surface area contributed by atoms with Crippen molar-refractivity contribution in [2.24, 2.45) is 11.3 Å². The van der Waals surface area contributed by atoms with Crippen molar-refractivity contribution in [1.29, 1.82) is 0 Å². The van der Waals surface area contributed by atoms with Crippen LogP contribution in [0.4, 0.5) is 0 Å². The third-order valence-electron chi connectivity index (χ3n) is 4.04. The number of carboxylic acid groups (broad SMARTS) is 1. The first-order valence-electron chi connectivity index (χ1n) is 6.34. The molecular formula is C13H24O2. The molecule has 0 spiro atoms. The fourth-order valence-corrected chi connectivity index (χ4v) is 2.79. The molecule has 1 rings (SSSR count). The standard InChI is InChI=1S/C13H24O2/c1-3-4-5-8-11-9-6-7-10-13(11,2)12(14)15/h11H,3-10H2,1-2H3,(H,14,15). The van der Waals surface area contributed by atoms with E-state index in [9.17, 15) is 9.90 Å². The normalized spacial score (nSPS) is 31.5. The summed E-state index contributed by atoms with van der Waals surface area (Å²) in [7, 11) is 0. The molecule has 2 heteroatoms. The Morgan fingerprint density at radius 3 is 2.73 bits per heavy atom. The van der Waals surface area contributed by atoms with Gasteiger partial charge in [0.15, 0.2) is 0 Å². The SMILES string of the molecule is CCCCCC1CCCCC1(C)C(=O)O. The Morgan fingerprint density at radius 2 is 2.13 bits per heavy atom. The van der Waals surface area contributed by atoms with Crippen LogP contribution in [0.3, 0.4) is 0 Å². The van der Waals surface area contributed by atoms with Crippen LogP contribution in [0.15, 0.2) is 0 Å². The summed E-state index contributed by atoms with van der Waals surface area (Å²) in [5.74, 6) is -0.168. The molecule has 1 fully saturated rings. The van der Waals surface area contributed by atoms with E-state index in [-0.39, 0.29) is 0 Å². The summed E-state index contributed by atoms with van der Waals surface area (Å²) in [4.78, 5) is 11.3. The van der Waals surface area contributed by atoms with E-state index >= 15 is 0 Å². The monoisotopic (exact) mass is 212 g/mol. The Morgan fingerprint density at radius 1 is 1.40 bits per heavy atom. The van der Waals surface area contributed by atoms with E-state index in [0.29, 0.717) is 5.92 Å². The number of carbonyl (C=O) groups is 1. The van der Waals surface area contributed by atoms with Crippen LogP contribution >= 0.6 is 0 Å². The summed E-state index contributed by atoms with van der Waals surface area (Å²) in [6.45, 7) is 4.14. The van der Waals surface area contributed by atoms with E-state index in [1.165, 1.54) is 25.7 Å². The third kappa shape index (κ3) is 2.96. The molecule has 1 aliphatic carbocycles. The average molecular weight is 212 g/mol. The number of unbranched alkanes of at least 4 members (excludes halogenated alkanes) is 2. The number of aliphatic carboxylic acids is 1. The molecule has 0 aromatic carbocycles. The largest absolute Gasteiger partial charge is 0.481 e. The van der Waals surface area contributed by atoms with Crippen molar-refractivity contribution in [3.8, 4) is 0 Å². The Bertz CT molecular complexity index is 213. The van der Waals surface area contributed by atoms with E-state index in [0.717, 1.165) is 25.7 Å². The van der Waals surface area contributed by atoms with Gasteiger partial charge in [-0.1, -0.05) is 39.0 Å². The molecular weight excluding hydrogens is 188 g/mol. The molecule has 0 amide bonds. The van der Waals surface area contributed by atoms with Gasteiger partial charge in [0.2, 0.25) is 0 Å². The first-order chi connectivity index (χ1) is 7.11. The fourth-order valence-electron chi connectivity index (χ4n) is 2.79. The molecule has 2 nitrogen and oxygen atoms in total. The number of hydrogen-bond donors (Lipinski definition) is 1. The van der Waals surface area contributed by atoms with Crippen LogP contribution in [0, 0.1) is 11.3 Å². The smallest absolute Gasteiger partial charge is 0.309 e. The lowest BCUT2D eigenvalue weighted by Gasteiger charge is -2.38. The molecule has 0 aromatic heterocycles. The van der Waals surface area contributed by atoms with E-state index in [1.807, 2.05) is 6.92 Å². The summed E-state index contributed by atoms with van der Waals surface area (Å²) >= 11 is 0. The second-order valence-electron chi connectivity index (χ2n) is 5.16. The predicted molar refractivity (Wildman–Crippen MR) is 61.8 cm³/mol. The Balaban J connectivity index is 2.53. The molecule has 0 saturated heterocycles. The highest BCUT2D eigenvalue weighted by molar-refractivity contribution is 5.74. The number of rotatable bonds is 5. The molecule has 1 N–H and O–H groups in total. The van der Waals surface area contributed by atoms with Crippen LogP contribution in [0.25, 0.3) is 0 Å². The van der Waals surface area contributed by atoms with Gasteiger partial charge in [0.1, 0.15) is 0 Å². The predicted octanol–water partition coefficient (Wildman–Crippen LogP) is 3.85. The molecule has 0 aromatic rings. The summed E-state index contributed by atoms with van der Waals surface area (Å²) in [6, 6.07) is 0. The van der Waals surface area contributed by atoms with Gasteiger partial charge in [-0.2, -0.15) is 0 Å². The second-order valence-corrected chi connectivity index (χ2v) is 5.16. The first-order valence-corrected chi connectivity index (χ1v) is 6.34. The van der Waals surface area contributed by atoms with Gasteiger partial charge < -0.3 is 5.11 Å². The van der Waals surface area contributed by atoms with Crippen LogP contribution in [-0.2, 0) is 4.79 Å². The van der Waals surface area contributed by atoms with E-state index in [2.05, 4.69) is 6.92 Å². The minimum atomic E-state index is -0.580. The molecule has 1 aliphatic rings. The van der Waals surface area contributed by atoms with Crippen molar-refractivity contribution in [3.05, 3.63) is 0 Å². The lowest BCUT2D eigenvalue weighted by Crippen LogP contribution is -2.38. The molecule has 15 heavy (non-hydrogen) atoms. The Hall–Kier alpha value is -0.530. The van der Waals surface area contributed by atoms with Gasteiger partial charge in [0.05, 0.1) is 5.41 Å². The summed E-state index contributed by atoms with van der Waals surface area (Å²) < 4.78 is 0. The van der Waals surface area contributed by atoms with E-state index in [4.69, 9.17) is 0 Å². The highest BCUT2D eigenvalue weighted by Crippen LogP contribution is 2.43. The van der Waals surface area contributed by atoms with Gasteiger partial charge in [-0.25, -0.2) is 0 Å². The molecule has 88 valence electrons. The zero-order valence-corrected chi connectivity index (χ0v) is 10.1. The zero-order valence-electron chi connectivity index (χ0n) is 10.1. The number of hydrogen-bond acceptors (Lipinski definition) is 1. The summed E-state index contributed by atoms with van der Waals surface area (Å²) in [5.41, 5.74) is -0.439. The van der Waals surface area contributed by atoms with Crippen LogP contribution in [-0.4, -0.2) is 11.1 Å². The molecule has 1 saturated carbocycles. The summed E-state index contributed by atoms with van der Waals surface area (Å²) in [5, 5.41) is 9.32. The molecule has 2 atom stereocenters. The highest BCUT2D eigenvalue weighted by atomic mass is 16.4. The van der Waals surface area contributed by atoms with E-state index < -0.39 is 11.4 Å². The average Bonchev–Trinajstić information content (AvgIpc) is 2.21. The van der Waals surface area contributed by atoms with Crippen molar-refractivity contribution < 1.29 is 9.90 Å². The van der Waals surface area contributed by atoms with Gasteiger partial charge >= 0.3 is 5.97 Å². The van der Waals surface area contributed by atoms with Crippen LogP contribution in [0.5, 0.6) is 0 Å². The van der Waals surface area contributed by atoms with Gasteiger partial charge in [-0.05, 0) is 32.1 Å². The topological polar surface area (TPSA) is 37.3 Å². The van der Waals surface area contributed by atoms with E-state index in [1.54, 1.807) is 0 Å². The van der Waals surface area contributed by atoms with Gasteiger partial charge in [-0.15, -0.1) is 0 Å². The molecule has 0 aliphatic heterocycles. The Kier molecular flexibility index (Phi) is 4.62. The minimum absolute atomic E-state index is 0.412. The maximum Gasteiger partial charge on any atom is 0.309 e. The van der Waals surface area contributed by atoms with Crippen molar-refractivity contribution in [1.82, 2.24) is 0 Å². The second kappa shape index (κ2) is 5.53. The van der Waals surface area contributed by atoms with Crippen LogP contribution < -0.4 is 0 Å². The van der Waals surface area contributed by atoms with Crippen LogP contribution in [0.2, 0.25) is 0 Å². The third-order valence-corrected chi connectivity index (χ3v) is 4.04. The van der Waals surface area contributed by atoms with Gasteiger partial charge in [0, 0.05) is 0 Å². The zero-order chi connectivity index (χ0) is 11.3. The van der Waals surface area contributed by atoms with Crippen molar-refractivity contribution >= 4 is 5.97 Å². The van der Waals surface area contributed by atoms with Crippen molar-refractivity contribution in [2.45, 2.75) is 65.2 Å². The quantitative estimate of drug-likeness (QED) is 0.703. The molecule has 0 radical (unpaired) electrons. The van der Waals surface area contributed by atoms with Crippen LogP contribution in [0.1, 0.15) is 65.2 Å². The maximum absolute atomic E-state index is 11.3. The van der Waals surface area contributed by atoms with Gasteiger partial charge in [0.25, 0.3) is 0 Å². The summed E-state index contributed by atoms with van der Waals surface area (Å²) in [6.07, 6.45) is 9.07. The maximum atomic E-state index is 11.3. The Labute approximate surface area is 93.1 Å². The lowest BCUT2D eigenvalue weighted by molar-refractivity contribution is -0.153. The van der Waals surface area contributed by atoms with Gasteiger partial charge in [-0.3, -0.25) is 4.79 Å². The fraction of sp³-hybridized carbons (Fsp3) is 0.923.